The molecule has 0 heterocycles. The predicted molar refractivity (Wildman–Crippen MR) is 69.8 cm³/mol. The van der Waals surface area contributed by atoms with E-state index in [2.05, 4.69) is 0 Å². The lowest BCUT2D eigenvalue weighted by molar-refractivity contribution is -0.120. The molecule has 0 saturated carbocycles. The van der Waals surface area contributed by atoms with Crippen LogP contribution in [0.2, 0.25) is 0 Å². The van der Waals surface area contributed by atoms with E-state index in [1.165, 1.54) is 19.2 Å². The zero-order valence-electron chi connectivity index (χ0n) is 11.0. The van der Waals surface area contributed by atoms with E-state index in [0.29, 0.717) is 5.57 Å². The minimum absolute atomic E-state index is 0.0398. The van der Waals surface area contributed by atoms with Gasteiger partial charge in [-0.1, -0.05) is 5.57 Å². The summed E-state index contributed by atoms with van der Waals surface area (Å²) in [6, 6.07) is 2.36. The van der Waals surface area contributed by atoms with Gasteiger partial charge in [-0.3, -0.25) is 4.79 Å². The van der Waals surface area contributed by atoms with Crippen molar-refractivity contribution in [3.63, 3.8) is 0 Å². The fourth-order valence-electron chi connectivity index (χ4n) is 2.40. The van der Waals surface area contributed by atoms with Gasteiger partial charge in [0.05, 0.1) is 7.11 Å². The SMILES string of the molecule is COc1cc(O)cc(C2=C(C)CC(O)C2=O)c1C(=O)O. The van der Waals surface area contributed by atoms with Gasteiger partial charge in [0.25, 0.3) is 0 Å². The molecule has 0 amide bonds. The minimum Gasteiger partial charge on any atom is -0.508 e. The van der Waals surface area contributed by atoms with Crippen molar-refractivity contribution in [3.8, 4) is 11.5 Å². The van der Waals surface area contributed by atoms with E-state index in [-0.39, 0.29) is 34.6 Å². The number of Topliss-reactive ketones (excluding diaryl/α,β-unsaturated/α-hetero) is 1. The number of phenolic OH excluding ortho intramolecular Hbond substituents is 1. The van der Waals surface area contributed by atoms with Crippen molar-refractivity contribution in [2.45, 2.75) is 19.4 Å². The molecule has 1 unspecified atom stereocenters. The standard InChI is InChI=1S/C14H14O6/c1-6-3-9(16)13(17)11(6)8-4-7(15)5-10(20-2)12(8)14(18)19/h4-5,9,15-16H,3H2,1-2H3,(H,18,19). The number of ether oxygens (including phenoxy) is 1. The number of hydrogen-bond acceptors (Lipinski definition) is 5. The Hall–Kier alpha value is -2.34. The lowest BCUT2D eigenvalue weighted by atomic mass is 9.95. The number of aliphatic hydroxyl groups excluding tert-OH is 1. The van der Waals surface area contributed by atoms with Gasteiger partial charge in [-0.2, -0.15) is 0 Å². The summed E-state index contributed by atoms with van der Waals surface area (Å²) in [7, 11) is 1.28. The quantitative estimate of drug-likeness (QED) is 0.767. The summed E-state index contributed by atoms with van der Waals surface area (Å²) >= 11 is 0. The van der Waals surface area contributed by atoms with Crippen LogP contribution in [0.3, 0.4) is 0 Å². The van der Waals surface area contributed by atoms with Crippen LogP contribution in [-0.2, 0) is 4.79 Å². The van der Waals surface area contributed by atoms with E-state index < -0.39 is 17.9 Å². The third kappa shape index (κ3) is 2.14. The second-order valence-corrected chi connectivity index (χ2v) is 4.62. The van der Waals surface area contributed by atoms with Crippen LogP contribution < -0.4 is 4.74 Å². The maximum Gasteiger partial charge on any atom is 0.340 e. The molecule has 1 atom stereocenters. The number of ketones is 1. The predicted octanol–water partition coefficient (Wildman–Crippen LogP) is 1.21. The van der Waals surface area contributed by atoms with Gasteiger partial charge in [-0.15, -0.1) is 0 Å². The highest BCUT2D eigenvalue weighted by Crippen LogP contribution is 2.38. The van der Waals surface area contributed by atoms with Gasteiger partial charge in [0.1, 0.15) is 23.2 Å². The molecule has 3 N–H and O–H groups in total. The molecule has 0 spiro atoms. The zero-order chi connectivity index (χ0) is 15.0. The number of hydrogen-bond donors (Lipinski definition) is 3. The van der Waals surface area contributed by atoms with Gasteiger partial charge < -0.3 is 20.1 Å². The van der Waals surface area contributed by atoms with E-state index in [1.54, 1.807) is 6.92 Å². The number of phenols is 1. The van der Waals surface area contributed by atoms with Crippen molar-refractivity contribution < 1.29 is 29.6 Å². The maximum atomic E-state index is 12.0. The fraction of sp³-hybridized carbons (Fsp3) is 0.286. The Morgan fingerprint density at radius 2 is 2.05 bits per heavy atom. The first-order chi connectivity index (χ1) is 9.36. The summed E-state index contributed by atoms with van der Waals surface area (Å²) in [5.41, 5.74) is 0.567. The van der Waals surface area contributed by atoms with Gasteiger partial charge in [0.2, 0.25) is 0 Å². The van der Waals surface area contributed by atoms with Gasteiger partial charge in [0, 0.05) is 23.6 Å². The highest BCUT2D eigenvalue weighted by Gasteiger charge is 2.33. The molecule has 106 valence electrons. The fourth-order valence-corrected chi connectivity index (χ4v) is 2.40. The van der Waals surface area contributed by atoms with Crippen molar-refractivity contribution in [3.05, 3.63) is 28.8 Å². The lowest BCUT2D eigenvalue weighted by Gasteiger charge is -2.13. The van der Waals surface area contributed by atoms with Crippen molar-refractivity contribution in [1.82, 2.24) is 0 Å². The molecule has 1 aliphatic carbocycles. The number of methoxy groups -OCH3 is 1. The summed E-state index contributed by atoms with van der Waals surface area (Å²) < 4.78 is 4.95. The van der Waals surface area contributed by atoms with Crippen LogP contribution in [0.5, 0.6) is 11.5 Å². The first-order valence-corrected chi connectivity index (χ1v) is 5.93. The first-order valence-electron chi connectivity index (χ1n) is 5.93. The molecule has 0 saturated heterocycles. The van der Waals surface area contributed by atoms with Crippen molar-refractivity contribution in [1.29, 1.82) is 0 Å². The third-order valence-corrected chi connectivity index (χ3v) is 3.27. The molecule has 0 bridgehead atoms. The number of benzene rings is 1. The first kappa shape index (κ1) is 14.1. The van der Waals surface area contributed by atoms with Crippen LogP contribution in [0.15, 0.2) is 17.7 Å². The van der Waals surface area contributed by atoms with E-state index >= 15 is 0 Å². The van der Waals surface area contributed by atoms with E-state index in [4.69, 9.17) is 4.74 Å². The highest BCUT2D eigenvalue weighted by molar-refractivity contribution is 6.27. The molecule has 0 aromatic heterocycles. The Balaban J connectivity index is 2.74. The number of aliphatic hydroxyl groups is 1. The second-order valence-electron chi connectivity index (χ2n) is 4.62. The Bertz CT molecular complexity index is 629. The van der Waals surface area contributed by atoms with Gasteiger partial charge in [0.15, 0.2) is 5.78 Å². The molecule has 0 aliphatic heterocycles. The molecule has 2 rings (SSSR count). The normalized spacial score (nSPS) is 18.6. The molecule has 1 aromatic rings. The van der Waals surface area contributed by atoms with Crippen LogP contribution in [0.25, 0.3) is 5.57 Å². The summed E-state index contributed by atoms with van der Waals surface area (Å²) in [6.45, 7) is 1.64. The topological polar surface area (TPSA) is 104 Å². The Morgan fingerprint density at radius 3 is 2.50 bits per heavy atom. The summed E-state index contributed by atoms with van der Waals surface area (Å²) in [6.07, 6.45) is -1.01. The molecular formula is C14H14O6. The van der Waals surface area contributed by atoms with Crippen LogP contribution in [0.1, 0.15) is 29.3 Å². The second kappa shape index (κ2) is 4.97. The molecule has 1 aromatic carbocycles. The largest absolute Gasteiger partial charge is 0.508 e. The molecule has 20 heavy (non-hydrogen) atoms. The number of aromatic carboxylic acids is 1. The van der Waals surface area contributed by atoms with E-state index in [9.17, 15) is 24.9 Å². The Kier molecular flexibility index (Phi) is 3.50. The van der Waals surface area contributed by atoms with Gasteiger partial charge >= 0.3 is 5.97 Å². The lowest BCUT2D eigenvalue weighted by Crippen LogP contribution is -2.16. The smallest absolute Gasteiger partial charge is 0.340 e. The number of carbonyl (C=O) groups is 2. The molecule has 1 aliphatic rings. The van der Waals surface area contributed by atoms with E-state index in [1.807, 2.05) is 0 Å². The minimum atomic E-state index is -1.27. The highest BCUT2D eigenvalue weighted by atomic mass is 16.5. The molecule has 6 heteroatoms. The van der Waals surface area contributed by atoms with Crippen LogP contribution in [0, 0.1) is 0 Å². The number of rotatable bonds is 3. The van der Waals surface area contributed by atoms with Gasteiger partial charge in [-0.25, -0.2) is 4.79 Å². The summed E-state index contributed by atoms with van der Waals surface area (Å²) in [4.78, 5) is 23.4. The number of carbonyl (C=O) groups excluding carboxylic acids is 1. The monoisotopic (exact) mass is 278 g/mol. The average Bonchev–Trinajstić information content (AvgIpc) is 2.61. The van der Waals surface area contributed by atoms with E-state index in [0.717, 1.165) is 0 Å². The Morgan fingerprint density at radius 1 is 1.40 bits per heavy atom. The average molecular weight is 278 g/mol. The van der Waals surface area contributed by atoms with Crippen LogP contribution in [0.4, 0.5) is 0 Å². The summed E-state index contributed by atoms with van der Waals surface area (Å²) in [5.74, 6) is -2.07. The van der Waals surface area contributed by atoms with Crippen LogP contribution >= 0.6 is 0 Å². The summed E-state index contributed by atoms with van der Waals surface area (Å²) in [5, 5.41) is 28.6. The molecule has 6 nitrogen and oxygen atoms in total. The van der Waals surface area contributed by atoms with Crippen molar-refractivity contribution in [2.75, 3.05) is 7.11 Å². The molecular weight excluding hydrogens is 264 g/mol. The number of carboxylic acids is 1. The van der Waals surface area contributed by atoms with Crippen molar-refractivity contribution in [2.24, 2.45) is 0 Å². The molecule has 0 fully saturated rings. The van der Waals surface area contributed by atoms with Crippen molar-refractivity contribution >= 4 is 17.3 Å². The zero-order valence-corrected chi connectivity index (χ0v) is 11.0. The van der Waals surface area contributed by atoms with Gasteiger partial charge in [-0.05, 0) is 13.0 Å². The number of aromatic hydroxyl groups is 1. The van der Waals surface area contributed by atoms with Crippen LogP contribution in [-0.4, -0.2) is 40.3 Å². The number of carboxylic acid groups (broad SMARTS) is 1. The third-order valence-electron chi connectivity index (χ3n) is 3.27. The Labute approximate surface area is 114 Å². The molecule has 0 radical (unpaired) electrons. The maximum absolute atomic E-state index is 12.0.